The number of carbonyl (C=O) groups excluding carboxylic acids is 1. The number of rotatable bonds is 6. The molecule has 174 valence electrons. The zero-order valence-corrected chi connectivity index (χ0v) is 19.4. The van der Waals surface area contributed by atoms with E-state index in [0.717, 1.165) is 35.3 Å². The molecule has 0 aliphatic carbocycles. The molecule has 2 aromatic carbocycles. The van der Waals surface area contributed by atoms with Gasteiger partial charge >= 0.3 is 5.69 Å². The van der Waals surface area contributed by atoms with E-state index >= 15 is 0 Å². The van der Waals surface area contributed by atoms with Gasteiger partial charge in [-0.15, -0.1) is 0 Å². The van der Waals surface area contributed by atoms with E-state index in [2.05, 4.69) is 32.3 Å². The number of pyridine rings is 1. The maximum absolute atomic E-state index is 12.9. The van der Waals surface area contributed by atoms with E-state index in [0.29, 0.717) is 11.2 Å². The van der Waals surface area contributed by atoms with Crippen LogP contribution in [0.1, 0.15) is 35.2 Å². The van der Waals surface area contributed by atoms with Crippen LogP contribution in [0.4, 0.5) is 5.69 Å². The molecular weight excluding hydrogens is 426 g/mol. The highest BCUT2D eigenvalue weighted by Crippen LogP contribution is 2.23. The van der Waals surface area contributed by atoms with Crippen LogP contribution in [0, 0.1) is 0 Å². The fraction of sp³-hybridized carbons (Fsp3) is 0.296. The lowest BCUT2D eigenvalue weighted by Gasteiger charge is -2.26. The molecule has 0 bridgehead atoms. The number of nitrogens with one attached hydrogen (secondary N) is 2. The van der Waals surface area contributed by atoms with Gasteiger partial charge in [-0.3, -0.25) is 14.3 Å². The first kappa shape index (κ1) is 22.1. The molecule has 0 unspecified atom stereocenters. The molecule has 1 aliphatic heterocycles. The first-order valence-electron chi connectivity index (χ1n) is 11.8. The second-order valence-corrected chi connectivity index (χ2v) is 8.97. The zero-order valence-electron chi connectivity index (χ0n) is 19.4. The van der Waals surface area contributed by atoms with Gasteiger partial charge in [0.05, 0.1) is 5.52 Å². The first-order valence-corrected chi connectivity index (χ1v) is 11.8. The lowest BCUT2D eigenvalue weighted by molar-refractivity contribution is 0.102. The summed E-state index contributed by atoms with van der Waals surface area (Å²) in [5, 5.41) is 3.00. The van der Waals surface area contributed by atoms with Gasteiger partial charge in [0.2, 0.25) is 0 Å². The zero-order chi connectivity index (χ0) is 23.5. The Morgan fingerprint density at radius 1 is 1.03 bits per heavy atom. The molecule has 2 N–H and O–H groups in total. The Balaban J connectivity index is 1.26. The highest BCUT2D eigenvalue weighted by atomic mass is 16.2. The van der Waals surface area contributed by atoms with Crippen molar-refractivity contribution in [3.05, 3.63) is 82.4 Å². The fourth-order valence-corrected chi connectivity index (χ4v) is 4.53. The van der Waals surface area contributed by atoms with Crippen LogP contribution in [0.5, 0.6) is 0 Å². The molecule has 4 aromatic rings. The number of piperidine rings is 1. The summed E-state index contributed by atoms with van der Waals surface area (Å²) in [6.07, 6.45) is 6.71. The van der Waals surface area contributed by atoms with Crippen molar-refractivity contribution in [3.63, 3.8) is 0 Å². The summed E-state index contributed by atoms with van der Waals surface area (Å²) in [6.45, 7) is 3.51. The number of fused-ring (bicyclic) bond motifs is 1. The van der Waals surface area contributed by atoms with Gasteiger partial charge in [0.25, 0.3) is 5.91 Å². The van der Waals surface area contributed by atoms with Gasteiger partial charge < -0.3 is 10.2 Å². The summed E-state index contributed by atoms with van der Waals surface area (Å²) in [4.78, 5) is 34.4. The minimum absolute atomic E-state index is 0.161. The number of likely N-dealkylation sites (tertiary alicyclic amines) is 1. The normalized spacial score (nSPS) is 14.4. The van der Waals surface area contributed by atoms with E-state index in [1.807, 2.05) is 36.4 Å². The van der Waals surface area contributed by atoms with Gasteiger partial charge in [-0.1, -0.05) is 30.7 Å². The number of H-pyrrole nitrogens is 1. The molecule has 0 spiro atoms. The lowest BCUT2D eigenvalue weighted by Crippen LogP contribution is -2.31. The summed E-state index contributed by atoms with van der Waals surface area (Å²) in [6, 6.07) is 17.5. The highest BCUT2D eigenvalue weighted by molar-refractivity contribution is 6.05. The molecule has 1 saturated heterocycles. The number of aromatic amines is 1. The predicted molar refractivity (Wildman–Crippen MR) is 135 cm³/mol. The maximum Gasteiger partial charge on any atom is 0.327 e. The van der Waals surface area contributed by atoms with Crippen LogP contribution >= 0.6 is 0 Å². The first-order chi connectivity index (χ1) is 16.6. The van der Waals surface area contributed by atoms with E-state index in [1.165, 1.54) is 42.5 Å². The average Bonchev–Trinajstić information content (AvgIpc) is 3.17. The van der Waals surface area contributed by atoms with Crippen LogP contribution in [0.15, 0.2) is 65.6 Å². The van der Waals surface area contributed by atoms with E-state index < -0.39 is 0 Å². The van der Waals surface area contributed by atoms with E-state index in [1.54, 1.807) is 19.3 Å². The molecule has 2 aromatic heterocycles. The van der Waals surface area contributed by atoms with Gasteiger partial charge in [-0.05, 0) is 73.8 Å². The van der Waals surface area contributed by atoms with Gasteiger partial charge in [-0.2, -0.15) is 0 Å². The van der Waals surface area contributed by atoms with Crippen molar-refractivity contribution in [2.24, 2.45) is 7.05 Å². The van der Waals surface area contributed by atoms with Crippen molar-refractivity contribution in [2.45, 2.75) is 25.7 Å². The summed E-state index contributed by atoms with van der Waals surface area (Å²) in [5.41, 5.74) is 5.40. The minimum Gasteiger partial charge on any atom is -0.322 e. The summed E-state index contributed by atoms with van der Waals surface area (Å²) >= 11 is 0. The number of nitrogens with zero attached hydrogens (tertiary/aromatic N) is 3. The number of aryl methyl sites for hydroxylation is 1. The van der Waals surface area contributed by atoms with Crippen molar-refractivity contribution < 1.29 is 4.79 Å². The number of hydrogen-bond acceptors (Lipinski definition) is 4. The number of carbonyl (C=O) groups is 1. The molecule has 7 heteroatoms. The second kappa shape index (κ2) is 9.65. The second-order valence-electron chi connectivity index (χ2n) is 8.97. The van der Waals surface area contributed by atoms with Crippen molar-refractivity contribution in [1.82, 2.24) is 19.4 Å². The Kier molecular flexibility index (Phi) is 6.27. The molecular formula is C27H29N5O2. The molecule has 0 atom stereocenters. The summed E-state index contributed by atoms with van der Waals surface area (Å²) < 4.78 is 1.53. The number of hydrogen-bond donors (Lipinski definition) is 2. The van der Waals surface area contributed by atoms with Gasteiger partial charge in [0.15, 0.2) is 5.65 Å². The Morgan fingerprint density at radius 3 is 2.62 bits per heavy atom. The molecule has 34 heavy (non-hydrogen) atoms. The number of amides is 1. The highest BCUT2D eigenvalue weighted by Gasteiger charge is 2.12. The summed E-state index contributed by atoms with van der Waals surface area (Å²) in [7, 11) is 1.70. The van der Waals surface area contributed by atoms with E-state index in [-0.39, 0.29) is 11.6 Å². The Morgan fingerprint density at radius 2 is 1.82 bits per heavy atom. The quantitative estimate of drug-likeness (QED) is 0.456. The molecule has 1 fully saturated rings. The van der Waals surface area contributed by atoms with Crippen LogP contribution in [0.2, 0.25) is 0 Å². The Labute approximate surface area is 198 Å². The van der Waals surface area contributed by atoms with Crippen molar-refractivity contribution in [1.29, 1.82) is 0 Å². The molecule has 5 rings (SSSR count). The maximum atomic E-state index is 12.9. The van der Waals surface area contributed by atoms with E-state index in [4.69, 9.17) is 0 Å². The van der Waals surface area contributed by atoms with Crippen LogP contribution in [0.25, 0.3) is 22.3 Å². The van der Waals surface area contributed by atoms with E-state index in [9.17, 15) is 9.59 Å². The minimum atomic E-state index is -0.203. The predicted octanol–water partition coefficient (Wildman–Crippen LogP) is 4.21. The van der Waals surface area contributed by atoms with Crippen molar-refractivity contribution in [3.8, 4) is 11.1 Å². The number of imidazole rings is 1. The number of benzene rings is 2. The van der Waals surface area contributed by atoms with Crippen molar-refractivity contribution in [2.75, 3.05) is 25.0 Å². The smallest absolute Gasteiger partial charge is 0.322 e. The van der Waals surface area contributed by atoms with Crippen LogP contribution < -0.4 is 11.0 Å². The van der Waals surface area contributed by atoms with Gasteiger partial charge in [-0.25, -0.2) is 9.78 Å². The molecule has 0 saturated carbocycles. The molecule has 1 amide bonds. The van der Waals surface area contributed by atoms with Gasteiger partial charge in [0.1, 0.15) is 0 Å². The number of anilines is 1. The molecule has 3 heterocycles. The largest absolute Gasteiger partial charge is 0.327 e. The van der Waals surface area contributed by atoms with Crippen LogP contribution in [-0.2, 0) is 13.5 Å². The third-order valence-corrected chi connectivity index (χ3v) is 6.59. The molecule has 1 aliphatic rings. The Hall–Kier alpha value is -3.71. The fourth-order valence-electron chi connectivity index (χ4n) is 4.53. The van der Waals surface area contributed by atoms with Crippen LogP contribution in [-0.4, -0.2) is 45.0 Å². The monoisotopic (exact) mass is 455 g/mol. The third-order valence-electron chi connectivity index (χ3n) is 6.59. The van der Waals surface area contributed by atoms with Crippen molar-refractivity contribution >= 4 is 22.8 Å². The lowest BCUT2D eigenvalue weighted by atomic mass is 10.0. The summed E-state index contributed by atoms with van der Waals surface area (Å²) in [5.74, 6) is -0.161. The average molecular weight is 456 g/mol. The topological polar surface area (TPSA) is 83.0 Å². The van der Waals surface area contributed by atoms with Crippen LogP contribution in [0.3, 0.4) is 0 Å². The third kappa shape index (κ3) is 4.79. The number of aromatic nitrogens is 3. The van der Waals surface area contributed by atoms with Gasteiger partial charge in [0, 0.05) is 36.6 Å². The SMILES string of the molecule is Cn1c(=O)[nH]c2ncc(-c3cccc(C(=O)Nc4ccc(CCN5CCCCC5)cc4)c3)cc21. The standard InChI is InChI=1S/C27H29N5O2/c1-31-24-17-22(18-28-25(24)30-27(31)34)20-6-5-7-21(16-20)26(33)29-23-10-8-19(9-11-23)12-15-32-13-3-2-4-14-32/h5-11,16-18H,2-4,12-15H2,1H3,(H,29,33)(H,28,30,34). The molecule has 7 nitrogen and oxygen atoms in total. The molecule has 0 radical (unpaired) electrons. The Bertz CT molecular complexity index is 1360.